The number of carbonyl (C=O) groups is 3. The number of rotatable bonds is 9. The molecule has 2 aromatic rings. The van der Waals surface area contributed by atoms with Gasteiger partial charge in [-0.05, 0) is 17.0 Å². The van der Waals surface area contributed by atoms with Gasteiger partial charge in [0.05, 0.1) is 5.92 Å². The molecule has 1 heterocycles. The third kappa shape index (κ3) is 6.00. The van der Waals surface area contributed by atoms with E-state index in [-0.39, 0.29) is 31.3 Å². The third-order valence-corrected chi connectivity index (χ3v) is 4.58. The highest BCUT2D eigenvalue weighted by Gasteiger charge is 2.21. The van der Waals surface area contributed by atoms with E-state index in [9.17, 15) is 14.4 Å². The molecule has 6 nitrogen and oxygen atoms in total. The van der Waals surface area contributed by atoms with Crippen molar-refractivity contribution in [2.45, 2.75) is 19.9 Å². The first-order chi connectivity index (χ1) is 12.5. The molecule has 26 heavy (non-hydrogen) atoms. The van der Waals surface area contributed by atoms with Crippen LogP contribution in [0.3, 0.4) is 0 Å². The van der Waals surface area contributed by atoms with Crippen molar-refractivity contribution in [3.05, 3.63) is 58.3 Å². The Labute approximate surface area is 156 Å². The number of amides is 2. The zero-order chi connectivity index (χ0) is 18.9. The summed E-state index contributed by atoms with van der Waals surface area (Å²) in [6, 6.07) is 11.1. The average Bonchev–Trinajstić information content (AvgIpc) is 3.16. The Hall–Kier alpha value is -2.67. The SMILES string of the molecule is CC(CN(Cc1ccccc1)C(=O)CCNC(=O)c1ccsc1)C(=O)O. The molecule has 2 N–H and O–H groups in total. The van der Waals surface area contributed by atoms with Gasteiger partial charge < -0.3 is 15.3 Å². The van der Waals surface area contributed by atoms with Crippen LogP contribution in [0.25, 0.3) is 0 Å². The van der Waals surface area contributed by atoms with Gasteiger partial charge in [0.15, 0.2) is 0 Å². The second-order valence-corrected chi connectivity index (χ2v) is 6.80. The summed E-state index contributed by atoms with van der Waals surface area (Å²) < 4.78 is 0. The van der Waals surface area contributed by atoms with E-state index in [1.54, 1.807) is 18.4 Å². The number of hydrogen-bond donors (Lipinski definition) is 2. The summed E-state index contributed by atoms with van der Waals surface area (Å²) in [5.74, 6) is -2.01. The quantitative estimate of drug-likeness (QED) is 0.706. The fourth-order valence-electron chi connectivity index (χ4n) is 2.40. The number of nitrogens with one attached hydrogen (secondary N) is 1. The number of benzene rings is 1. The molecule has 2 rings (SSSR count). The number of carboxylic acids is 1. The second kappa shape index (κ2) is 9.72. The van der Waals surface area contributed by atoms with Gasteiger partial charge in [0.25, 0.3) is 5.91 Å². The van der Waals surface area contributed by atoms with Gasteiger partial charge in [0.2, 0.25) is 5.91 Å². The van der Waals surface area contributed by atoms with Crippen LogP contribution in [0.1, 0.15) is 29.3 Å². The Balaban J connectivity index is 1.93. The number of carbonyl (C=O) groups excluding carboxylic acids is 2. The molecule has 7 heteroatoms. The van der Waals surface area contributed by atoms with Gasteiger partial charge in [-0.3, -0.25) is 14.4 Å². The normalized spacial score (nSPS) is 11.6. The average molecular weight is 374 g/mol. The number of aliphatic carboxylic acids is 1. The maximum Gasteiger partial charge on any atom is 0.308 e. The first-order valence-corrected chi connectivity index (χ1v) is 9.26. The van der Waals surface area contributed by atoms with E-state index in [2.05, 4.69) is 5.32 Å². The molecule has 0 fully saturated rings. The molecule has 0 aliphatic carbocycles. The van der Waals surface area contributed by atoms with Gasteiger partial charge in [-0.25, -0.2) is 0 Å². The smallest absolute Gasteiger partial charge is 0.308 e. The third-order valence-electron chi connectivity index (χ3n) is 3.89. The summed E-state index contributed by atoms with van der Waals surface area (Å²) >= 11 is 1.43. The van der Waals surface area contributed by atoms with Gasteiger partial charge >= 0.3 is 5.97 Å². The molecule has 0 radical (unpaired) electrons. The topological polar surface area (TPSA) is 86.7 Å². The van der Waals surface area contributed by atoms with E-state index in [1.807, 2.05) is 35.7 Å². The van der Waals surface area contributed by atoms with Crippen LogP contribution in [-0.2, 0) is 16.1 Å². The van der Waals surface area contributed by atoms with Crippen molar-refractivity contribution in [3.8, 4) is 0 Å². The Bertz CT molecular complexity index is 731. The van der Waals surface area contributed by atoms with Crippen LogP contribution in [0.2, 0.25) is 0 Å². The summed E-state index contributed by atoms with van der Waals surface area (Å²) in [5.41, 5.74) is 1.50. The van der Waals surface area contributed by atoms with Crippen LogP contribution in [0, 0.1) is 5.92 Å². The number of nitrogens with zero attached hydrogens (tertiary/aromatic N) is 1. The minimum atomic E-state index is -0.943. The highest BCUT2D eigenvalue weighted by Crippen LogP contribution is 2.10. The summed E-state index contributed by atoms with van der Waals surface area (Å²) in [6.45, 7) is 2.25. The summed E-state index contributed by atoms with van der Waals surface area (Å²) in [7, 11) is 0. The molecule has 0 saturated carbocycles. The van der Waals surface area contributed by atoms with Crippen LogP contribution in [0.5, 0.6) is 0 Å². The lowest BCUT2D eigenvalue weighted by Gasteiger charge is -2.25. The summed E-state index contributed by atoms with van der Waals surface area (Å²) in [6.07, 6.45) is 0.120. The molecule has 1 aromatic heterocycles. The van der Waals surface area contributed by atoms with E-state index in [0.717, 1.165) is 5.56 Å². The van der Waals surface area contributed by atoms with Crippen molar-refractivity contribution in [1.82, 2.24) is 10.2 Å². The minimum Gasteiger partial charge on any atom is -0.481 e. The molecular formula is C19H22N2O4S. The lowest BCUT2D eigenvalue weighted by molar-refractivity contribution is -0.143. The molecule has 1 unspecified atom stereocenters. The van der Waals surface area contributed by atoms with Crippen molar-refractivity contribution < 1.29 is 19.5 Å². The van der Waals surface area contributed by atoms with Gasteiger partial charge in [-0.2, -0.15) is 11.3 Å². The predicted molar refractivity (Wildman–Crippen MR) is 99.9 cm³/mol. The first-order valence-electron chi connectivity index (χ1n) is 8.32. The van der Waals surface area contributed by atoms with Crippen LogP contribution in [0.15, 0.2) is 47.2 Å². The van der Waals surface area contributed by atoms with Gasteiger partial charge in [-0.15, -0.1) is 0 Å². The Kier molecular flexibility index (Phi) is 7.35. The Morgan fingerprint density at radius 1 is 1.19 bits per heavy atom. The largest absolute Gasteiger partial charge is 0.481 e. The van der Waals surface area contributed by atoms with Crippen molar-refractivity contribution in [2.24, 2.45) is 5.92 Å². The van der Waals surface area contributed by atoms with Crippen molar-refractivity contribution in [1.29, 1.82) is 0 Å². The zero-order valence-electron chi connectivity index (χ0n) is 14.6. The monoisotopic (exact) mass is 374 g/mol. The van der Waals surface area contributed by atoms with Gasteiger partial charge in [0, 0.05) is 37.0 Å². The molecule has 138 valence electrons. The molecule has 0 aliphatic heterocycles. The van der Waals surface area contributed by atoms with Crippen molar-refractivity contribution in [3.63, 3.8) is 0 Å². The maximum absolute atomic E-state index is 12.6. The zero-order valence-corrected chi connectivity index (χ0v) is 15.4. The first kappa shape index (κ1) is 19.7. The lowest BCUT2D eigenvalue weighted by atomic mass is 10.1. The highest BCUT2D eigenvalue weighted by molar-refractivity contribution is 7.08. The Morgan fingerprint density at radius 3 is 2.54 bits per heavy atom. The van der Waals surface area contributed by atoms with E-state index < -0.39 is 11.9 Å². The second-order valence-electron chi connectivity index (χ2n) is 6.02. The van der Waals surface area contributed by atoms with Crippen LogP contribution >= 0.6 is 11.3 Å². The molecular weight excluding hydrogens is 352 g/mol. The number of carboxylic acid groups (broad SMARTS) is 1. The van der Waals surface area contributed by atoms with Crippen molar-refractivity contribution in [2.75, 3.05) is 13.1 Å². The standard InChI is InChI=1S/C19H22N2O4S/c1-14(19(24)25)11-21(12-15-5-3-2-4-6-15)17(22)7-9-20-18(23)16-8-10-26-13-16/h2-6,8,10,13-14H,7,9,11-12H2,1H3,(H,20,23)(H,24,25). The number of hydrogen-bond acceptors (Lipinski definition) is 4. The highest BCUT2D eigenvalue weighted by atomic mass is 32.1. The van der Waals surface area contributed by atoms with Gasteiger partial charge in [0.1, 0.15) is 0 Å². The molecule has 2 amide bonds. The van der Waals surface area contributed by atoms with Gasteiger partial charge in [-0.1, -0.05) is 37.3 Å². The molecule has 0 saturated heterocycles. The van der Waals surface area contributed by atoms with E-state index in [1.165, 1.54) is 16.2 Å². The molecule has 1 atom stereocenters. The van der Waals surface area contributed by atoms with E-state index in [0.29, 0.717) is 12.1 Å². The molecule has 0 spiro atoms. The van der Waals surface area contributed by atoms with E-state index in [4.69, 9.17) is 5.11 Å². The van der Waals surface area contributed by atoms with Crippen LogP contribution in [0.4, 0.5) is 0 Å². The lowest BCUT2D eigenvalue weighted by Crippen LogP contribution is -2.38. The van der Waals surface area contributed by atoms with Crippen LogP contribution < -0.4 is 5.32 Å². The minimum absolute atomic E-state index is 0.120. The Morgan fingerprint density at radius 2 is 1.92 bits per heavy atom. The maximum atomic E-state index is 12.6. The summed E-state index contributed by atoms with van der Waals surface area (Å²) in [4.78, 5) is 37.1. The number of thiophene rings is 1. The fraction of sp³-hybridized carbons (Fsp3) is 0.316. The predicted octanol–water partition coefficient (Wildman–Crippen LogP) is 2.62. The summed E-state index contributed by atoms with van der Waals surface area (Å²) in [5, 5.41) is 15.4. The van der Waals surface area contributed by atoms with E-state index >= 15 is 0 Å². The molecule has 0 aliphatic rings. The molecule has 1 aromatic carbocycles. The van der Waals surface area contributed by atoms with Crippen molar-refractivity contribution >= 4 is 29.1 Å². The molecule has 0 bridgehead atoms. The fourth-order valence-corrected chi connectivity index (χ4v) is 3.04. The van der Waals surface area contributed by atoms with Crippen LogP contribution in [-0.4, -0.2) is 40.9 Å².